The normalized spacial score (nSPS) is 25.4. The van der Waals surface area contributed by atoms with Crippen LogP contribution >= 0.6 is 0 Å². The molecule has 2 saturated heterocycles. The van der Waals surface area contributed by atoms with Crippen molar-refractivity contribution in [2.45, 2.75) is 135 Å². The molecule has 3 fully saturated rings. The molecular weight excluding hydrogens is 606 g/mol. The summed E-state index contributed by atoms with van der Waals surface area (Å²) in [5, 5.41) is 17.8. The molecule has 0 aromatic carbocycles. The van der Waals surface area contributed by atoms with Crippen LogP contribution in [-0.2, 0) is 33.4 Å². The van der Waals surface area contributed by atoms with Gasteiger partial charge in [0.1, 0.15) is 6.04 Å². The van der Waals surface area contributed by atoms with Crippen LogP contribution in [0.15, 0.2) is 0 Å². The number of carbonyl (C=O) groups excluding carboxylic acids is 4. The number of piperidine rings is 1. The van der Waals surface area contributed by atoms with Gasteiger partial charge < -0.3 is 40.3 Å². The van der Waals surface area contributed by atoms with Crippen LogP contribution in [0.3, 0.4) is 0 Å². The molecule has 1 saturated carbocycles. The summed E-state index contributed by atoms with van der Waals surface area (Å²) in [6, 6.07) is -1.70. The number of rotatable bonds is 16. The van der Waals surface area contributed by atoms with Gasteiger partial charge in [-0.05, 0) is 50.9 Å². The van der Waals surface area contributed by atoms with Crippen molar-refractivity contribution in [2.75, 3.05) is 34.4 Å². The summed E-state index contributed by atoms with van der Waals surface area (Å²) in [7, 11) is 4.71. The molecule has 13 heteroatoms. The number of likely N-dealkylation sites (N-methyl/N-ethyl adjacent to an activating group) is 1. The first-order valence-corrected chi connectivity index (χ1v) is 17.4. The monoisotopic (exact) mass is 667 g/mol. The molecular formula is C34H61N5O8. The minimum absolute atomic E-state index is 0.00526. The quantitative estimate of drug-likeness (QED) is 0.193. The first kappa shape index (κ1) is 40.4. The summed E-state index contributed by atoms with van der Waals surface area (Å²) in [6.45, 7) is 11.7. The number of hydrogen-bond acceptors (Lipinski definition) is 8. The summed E-state index contributed by atoms with van der Waals surface area (Å²) in [5.41, 5.74) is 0. The van der Waals surface area contributed by atoms with Crippen LogP contribution in [0.5, 0.6) is 0 Å². The van der Waals surface area contributed by atoms with Gasteiger partial charge in [0.05, 0.1) is 49.2 Å². The predicted molar refractivity (Wildman–Crippen MR) is 178 cm³/mol. The summed E-state index contributed by atoms with van der Waals surface area (Å²) in [6.07, 6.45) is 5.28. The van der Waals surface area contributed by atoms with E-state index < -0.39 is 42.1 Å². The first-order chi connectivity index (χ1) is 22.2. The number of amides is 4. The van der Waals surface area contributed by atoms with Crippen LogP contribution in [-0.4, -0.2) is 121 Å². The Morgan fingerprint density at radius 3 is 2.19 bits per heavy atom. The predicted octanol–water partition coefficient (Wildman–Crippen LogP) is 2.17. The van der Waals surface area contributed by atoms with Crippen LogP contribution < -0.4 is 16.0 Å². The maximum atomic E-state index is 13.8. The molecule has 2 heterocycles. The molecule has 4 amide bonds. The van der Waals surface area contributed by atoms with Crippen LogP contribution in [0.25, 0.3) is 0 Å². The van der Waals surface area contributed by atoms with Gasteiger partial charge >= 0.3 is 5.97 Å². The van der Waals surface area contributed by atoms with Gasteiger partial charge in [-0.1, -0.05) is 47.5 Å². The van der Waals surface area contributed by atoms with E-state index in [1.165, 1.54) is 27.6 Å². The highest BCUT2D eigenvalue weighted by atomic mass is 16.5. The van der Waals surface area contributed by atoms with Crippen LogP contribution in [0.2, 0.25) is 0 Å². The molecule has 10 atom stereocenters. The zero-order chi connectivity index (χ0) is 35.4. The van der Waals surface area contributed by atoms with Crippen molar-refractivity contribution in [3.05, 3.63) is 0 Å². The number of hydrogen-bond donors (Lipinski definition) is 4. The van der Waals surface area contributed by atoms with E-state index in [1.807, 2.05) is 13.8 Å². The topological polar surface area (TPSA) is 167 Å². The Labute approximate surface area is 281 Å². The van der Waals surface area contributed by atoms with Gasteiger partial charge in [0.25, 0.3) is 0 Å². The fourth-order valence-corrected chi connectivity index (χ4v) is 7.28. The number of ether oxygens (including phenoxy) is 2. The number of methoxy groups -OCH3 is 2. The Bertz CT molecular complexity index is 1060. The number of fused-ring (bicyclic) bond motifs is 2. The molecule has 0 spiro atoms. The van der Waals surface area contributed by atoms with E-state index in [-0.39, 0.29) is 48.7 Å². The molecule has 1 aliphatic carbocycles. The summed E-state index contributed by atoms with van der Waals surface area (Å²) in [4.78, 5) is 67.3. The highest BCUT2D eigenvalue weighted by Crippen LogP contribution is 2.35. The van der Waals surface area contributed by atoms with Crippen molar-refractivity contribution in [2.24, 2.45) is 17.8 Å². The molecule has 13 nitrogen and oxygen atoms in total. The Kier molecular flexibility index (Phi) is 16.6. The van der Waals surface area contributed by atoms with Crippen molar-refractivity contribution in [1.29, 1.82) is 0 Å². The maximum Gasteiger partial charge on any atom is 0.325 e. The van der Waals surface area contributed by atoms with Gasteiger partial charge in [-0.15, -0.1) is 0 Å². The van der Waals surface area contributed by atoms with Crippen molar-refractivity contribution in [1.82, 2.24) is 25.8 Å². The van der Waals surface area contributed by atoms with Crippen LogP contribution in [0.1, 0.15) is 92.9 Å². The fourth-order valence-electron chi connectivity index (χ4n) is 7.28. The van der Waals surface area contributed by atoms with E-state index in [2.05, 4.69) is 29.8 Å². The third-order valence-corrected chi connectivity index (χ3v) is 10.1. The number of aliphatic carboxylic acids is 1. The SMILES string of the molecule is CCC.CCC(C)C(C(CC(=O)N1CCCC1C(OC)C(C)C(=O)N[C@@H](C)C(=O)O)OC)N(C)C(=O)CNC(=O)C1NC2CCC1C2. The van der Waals surface area contributed by atoms with Gasteiger partial charge in [-0.25, -0.2) is 0 Å². The first-order valence-electron chi connectivity index (χ1n) is 17.4. The van der Waals surface area contributed by atoms with Crippen molar-refractivity contribution in [3.63, 3.8) is 0 Å². The van der Waals surface area contributed by atoms with E-state index >= 15 is 0 Å². The lowest BCUT2D eigenvalue weighted by molar-refractivity contribution is -0.146. The second-order valence-electron chi connectivity index (χ2n) is 13.6. The van der Waals surface area contributed by atoms with Gasteiger partial charge in [-0.3, -0.25) is 24.0 Å². The van der Waals surface area contributed by atoms with E-state index in [0.29, 0.717) is 24.9 Å². The smallest absolute Gasteiger partial charge is 0.325 e. The Hall–Kier alpha value is -2.77. The number of carboxylic acids is 1. The lowest BCUT2D eigenvalue weighted by Gasteiger charge is -2.39. The fraction of sp³-hybridized carbons (Fsp3) is 0.853. The van der Waals surface area contributed by atoms with Gasteiger partial charge in [0.2, 0.25) is 23.6 Å². The van der Waals surface area contributed by atoms with Gasteiger partial charge in [0.15, 0.2) is 0 Å². The minimum atomic E-state index is -1.14. The zero-order valence-electron chi connectivity index (χ0n) is 30.0. The molecule has 2 aliphatic heterocycles. The second kappa shape index (κ2) is 19.3. The van der Waals surface area contributed by atoms with Crippen molar-refractivity contribution < 1.29 is 38.6 Å². The average Bonchev–Trinajstić information content (AvgIpc) is 3.82. The summed E-state index contributed by atoms with van der Waals surface area (Å²) in [5.74, 6) is -2.53. The molecule has 0 radical (unpaired) electrons. The lowest BCUT2D eigenvalue weighted by atomic mass is 9.90. The number of carboxylic acid groups (broad SMARTS) is 1. The van der Waals surface area contributed by atoms with E-state index in [4.69, 9.17) is 9.47 Å². The van der Waals surface area contributed by atoms with Crippen LogP contribution in [0.4, 0.5) is 0 Å². The third kappa shape index (κ3) is 10.6. The highest BCUT2D eigenvalue weighted by Gasteiger charge is 2.44. The molecule has 47 heavy (non-hydrogen) atoms. The molecule has 9 unspecified atom stereocenters. The summed E-state index contributed by atoms with van der Waals surface area (Å²) >= 11 is 0. The van der Waals surface area contributed by atoms with E-state index in [1.54, 1.807) is 23.8 Å². The second-order valence-corrected chi connectivity index (χ2v) is 13.6. The number of likely N-dealkylation sites (tertiary alicyclic amines) is 1. The van der Waals surface area contributed by atoms with E-state index in [0.717, 1.165) is 32.1 Å². The molecule has 0 aromatic heterocycles. The lowest BCUT2D eigenvalue weighted by Crippen LogP contribution is -2.55. The maximum absolute atomic E-state index is 13.8. The highest BCUT2D eigenvalue weighted by molar-refractivity contribution is 5.88. The van der Waals surface area contributed by atoms with Crippen LogP contribution in [0, 0.1) is 17.8 Å². The minimum Gasteiger partial charge on any atom is -0.480 e. The number of nitrogens with zero attached hydrogens (tertiary/aromatic N) is 2. The van der Waals surface area contributed by atoms with Gasteiger partial charge in [-0.2, -0.15) is 0 Å². The van der Waals surface area contributed by atoms with E-state index in [9.17, 15) is 29.1 Å². The largest absolute Gasteiger partial charge is 0.480 e. The molecule has 270 valence electrons. The molecule has 0 aromatic rings. The number of nitrogens with one attached hydrogen (secondary N) is 3. The zero-order valence-corrected chi connectivity index (χ0v) is 30.0. The van der Waals surface area contributed by atoms with Crippen molar-refractivity contribution >= 4 is 29.6 Å². The number of carbonyl (C=O) groups is 5. The molecule has 3 aliphatic rings. The average molecular weight is 668 g/mol. The Balaban J connectivity index is 0.00000246. The van der Waals surface area contributed by atoms with Gasteiger partial charge in [0, 0.05) is 33.9 Å². The molecule has 4 N–H and O–H groups in total. The standard InChI is InChI=1S/C31H53N5O8.C3H8/c1-8-17(2)27(35(5)25(38)16-32-30(40)26-20-11-12-21(14-20)34-26)23(43-6)15-24(37)36-13-9-10-22(36)28(44-7)18(3)29(39)33-19(4)31(41)42;1-3-2/h17-23,26-28,34H,8-16H2,1-7H3,(H,32,40)(H,33,39)(H,41,42);3H2,1-2H3/t17?,18?,19-,20?,21?,22?,23?,26?,27?,28?;/m0./s1. The van der Waals surface area contributed by atoms with Crippen molar-refractivity contribution in [3.8, 4) is 0 Å². The molecule has 2 bridgehead atoms. The Morgan fingerprint density at radius 2 is 1.68 bits per heavy atom. The summed E-state index contributed by atoms with van der Waals surface area (Å²) < 4.78 is 11.6. The third-order valence-electron chi connectivity index (χ3n) is 10.1. The molecule has 3 rings (SSSR count). The Morgan fingerprint density at radius 1 is 1.02 bits per heavy atom.